The van der Waals surface area contributed by atoms with Crippen molar-refractivity contribution >= 4 is 45.9 Å². The molecule has 3 heterocycles. The highest BCUT2D eigenvalue weighted by Gasteiger charge is 2.27. The SMILES string of the molecule is COc1ccc(-n2c(SCC(=O)Nc3nccs3)nc3c(c2=O)S[C@@H](C)C3)cc1. The first kappa shape index (κ1) is 20.0. The van der Waals surface area contributed by atoms with Gasteiger partial charge in [0.2, 0.25) is 5.91 Å². The van der Waals surface area contributed by atoms with Crippen LogP contribution in [0.3, 0.4) is 0 Å². The number of anilines is 1. The Morgan fingerprint density at radius 1 is 1.38 bits per heavy atom. The average Bonchev–Trinajstić information content (AvgIpc) is 3.35. The zero-order valence-electron chi connectivity index (χ0n) is 15.7. The van der Waals surface area contributed by atoms with Crippen LogP contribution in [0.15, 0.2) is 50.7 Å². The van der Waals surface area contributed by atoms with E-state index in [1.807, 2.05) is 12.1 Å². The summed E-state index contributed by atoms with van der Waals surface area (Å²) in [5, 5.41) is 5.91. The van der Waals surface area contributed by atoms with E-state index < -0.39 is 0 Å². The Morgan fingerprint density at radius 2 is 2.17 bits per heavy atom. The number of carbonyl (C=O) groups excluding carboxylic acids is 1. The van der Waals surface area contributed by atoms with E-state index >= 15 is 0 Å². The molecule has 150 valence electrons. The molecule has 29 heavy (non-hydrogen) atoms. The van der Waals surface area contributed by atoms with Crippen molar-refractivity contribution in [3.05, 3.63) is 51.9 Å². The van der Waals surface area contributed by atoms with E-state index in [-0.39, 0.29) is 17.2 Å². The van der Waals surface area contributed by atoms with Gasteiger partial charge in [0.1, 0.15) is 5.75 Å². The molecule has 10 heteroatoms. The van der Waals surface area contributed by atoms with Crippen LogP contribution in [0.1, 0.15) is 12.6 Å². The molecule has 0 saturated carbocycles. The van der Waals surface area contributed by atoms with Gasteiger partial charge >= 0.3 is 0 Å². The number of benzene rings is 1. The highest BCUT2D eigenvalue weighted by Crippen LogP contribution is 2.35. The Bertz CT molecular complexity index is 1080. The first-order valence-corrected chi connectivity index (χ1v) is 11.6. The topological polar surface area (TPSA) is 86.1 Å². The molecule has 2 aromatic heterocycles. The van der Waals surface area contributed by atoms with Gasteiger partial charge in [-0.3, -0.25) is 14.2 Å². The molecule has 1 N–H and O–H groups in total. The lowest BCUT2D eigenvalue weighted by atomic mass is 10.2. The van der Waals surface area contributed by atoms with Crippen molar-refractivity contribution in [2.24, 2.45) is 0 Å². The summed E-state index contributed by atoms with van der Waals surface area (Å²) in [6, 6.07) is 7.23. The molecule has 0 bridgehead atoms. The van der Waals surface area contributed by atoms with Gasteiger partial charge in [-0.15, -0.1) is 23.1 Å². The highest BCUT2D eigenvalue weighted by atomic mass is 32.2. The van der Waals surface area contributed by atoms with Crippen molar-refractivity contribution in [2.75, 3.05) is 18.2 Å². The Kier molecular flexibility index (Phi) is 5.93. The van der Waals surface area contributed by atoms with Crippen LogP contribution in [-0.4, -0.2) is 38.6 Å². The Balaban J connectivity index is 1.66. The maximum Gasteiger partial charge on any atom is 0.272 e. The van der Waals surface area contributed by atoms with Crippen LogP contribution in [0.4, 0.5) is 5.13 Å². The molecule has 1 atom stereocenters. The summed E-state index contributed by atoms with van der Waals surface area (Å²) < 4.78 is 6.79. The number of thioether (sulfide) groups is 2. The standard InChI is InChI=1S/C19H18N4O3S3/c1-11-9-14-16(29-11)17(25)23(12-3-5-13(26-2)6-4-12)19(21-14)28-10-15(24)22-18-20-7-8-27-18/h3-8,11H,9-10H2,1-2H3,(H,20,22,24)/t11-/m0/s1. The molecule has 1 aliphatic rings. The highest BCUT2D eigenvalue weighted by molar-refractivity contribution is 8.00. The number of carbonyl (C=O) groups is 1. The average molecular weight is 447 g/mol. The van der Waals surface area contributed by atoms with Crippen LogP contribution < -0.4 is 15.6 Å². The quantitative estimate of drug-likeness (QED) is 0.458. The number of rotatable bonds is 6. The number of thiazole rings is 1. The zero-order valence-corrected chi connectivity index (χ0v) is 18.2. The Morgan fingerprint density at radius 3 is 2.86 bits per heavy atom. The maximum absolute atomic E-state index is 13.2. The monoisotopic (exact) mass is 446 g/mol. The molecular formula is C19H18N4O3S3. The molecule has 0 aliphatic carbocycles. The number of aromatic nitrogens is 3. The number of hydrogen-bond acceptors (Lipinski definition) is 8. The van der Waals surface area contributed by atoms with Crippen LogP contribution in [0.5, 0.6) is 5.75 Å². The summed E-state index contributed by atoms with van der Waals surface area (Å²) in [6.07, 6.45) is 2.38. The number of methoxy groups -OCH3 is 1. The molecule has 1 amide bonds. The molecule has 0 spiro atoms. The van der Waals surface area contributed by atoms with Crippen molar-refractivity contribution in [3.8, 4) is 11.4 Å². The van der Waals surface area contributed by atoms with E-state index in [2.05, 4.69) is 17.2 Å². The fourth-order valence-corrected chi connectivity index (χ4v) is 5.40. The van der Waals surface area contributed by atoms with E-state index in [0.717, 1.165) is 12.1 Å². The third-order valence-corrected chi connectivity index (χ3v) is 7.06. The second-order valence-corrected chi connectivity index (χ2v) is 9.60. The number of hydrogen-bond donors (Lipinski definition) is 1. The molecule has 0 fully saturated rings. The molecule has 0 radical (unpaired) electrons. The van der Waals surface area contributed by atoms with E-state index in [4.69, 9.17) is 9.72 Å². The normalized spacial score (nSPS) is 15.2. The van der Waals surface area contributed by atoms with Crippen molar-refractivity contribution in [1.82, 2.24) is 14.5 Å². The predicted octanol–water partition coefficient (Wildman–Crippen LogP) is 3.47. The third-order valence-electron chi connectivity index (χ3n) is 4.22. The maximum atomic E-state index is 13.2. The first-order valence-electron chi connectivity index (χ1n) is 8.84. The van der Waals surface area contributed by atoms with Gasteiger partial charge in [-0.25, -0.2) is 9.97 Å². The van der Waals surface area contributed by atoms with Gasteiger partial charge in [0, 0.05) is 23.2 Å². The van der Waals surface area contributed by atoms with Gasteiger partial charge in [-0.2, -0.15) is 0 Å². The summed E-state index contributed by atoms with van der Waals surface area (Å²) in [5.74, 6) is 0.642. The van der Waals surface area contributed by atoms with Gasteiger partial charge in [0.15, 0.2) is 10.3 Å². The van der Waals surface area contributed by atoms with Crippen molar-refractivity contribution < 1.29 is 9.53 Å². The Labute approximate surface area is 179 Å². The fourth-order valence-electron chi connectivity index (χ4n) is 2.93. The number of amides is 1. The van der Waals surface area contributed by atoms with Crippen LogP contribution >= 0.6 is 34.9 Å². The molecule has 1 aromatic carbocycles. The molecule has 3 aromatic rings. The van der Waals surface area contributed by atoms with Crippen LogP contribution in [0.25, 0.3) is 5.69 Å². The van der Waals surface area contributed by atoms with Crippen LogP contribution in [0.2, 0.25) is 0 Å². The number of nitrogens with zero attached hydrogens (tertiary/aromatic N) is 3. The third kappa shape index (κ3) is 4.34. The minimum Gasteiger partial charge on any atom is -0.497 e. The van der Waals surface area contributed by atoms with Gasteiger partial charge in [-0.1, -0.05) is 18.7 Å². The number of nitrogens with one attached hydrogen (secondary N) is 1. The summed E-state index contributed by atoms with van der Waals surface area (Å²) in [6.45, 7) is 2.08. The molecule has 0 unspecified atom stereocenters. The zero-order chi connectivity index (χ0) is 20.4. The molecule has 0 saturated heterocycles. The van der Waals surface area contributed by atoms with Crippen LogP contribution in [-0.2, 0) is 11.2 Å². The van der Waals surface area contributed by atoms with Crippen molar-refractivity contribution in [2.45, 2.75) is 28.6 Å². The van der Waals surface area contributed by atoms with Gasteiger partial charge in [0.05, 0.1) is 29.1 Å². The minimum atomic E-state index is -0.191. The van der Waals surface area contributed by atoms with Gasteiger partial charge < -0.3 is 10.1 Å². The van der Waals surface area contributed by atoms with E-state index in [0.29, 0.717) is 31.9 Å². The van der Waals surface area contributed by atoms with Crippen molar-refractivity contribution in [3.63, 3.8) is 0 Å². The van der Waals surface area contributed by atoms with Gasteiger partial charge in [0.25, 0.3) is 5.56 Å². The summed E-state index contributed by atoms with van der Waals surface area (Å²) in [7, 11) is 1.60. The molecular weight excluding hydrogens is 428 g/mol. The predicted molar refractivity (Wildman–Crippen MR) is 117 cm³/mol. The van der Waals surface area contributed by atoms with E-state index in [9.17, 15) is 9.59 Å². The second kappa shape index (κ2) is 8.60. The number of ether oxygens (including phenoxy) is 1. The molecule has 1 aliphatic heterocycles. The lowest BCUT2D eigenvalue weighted by molar-refractivity contribution is -0.113. The van der Waals surface area contributed by atoms with E-state index in [1.165, 1.54) is 23.1 Å². The summed E-state index contributed by atoms with van der Waals surface area (Å²) >= 11 is 4.15. The first-order chi connectivity index (χ1) is 14.0. The smallest absolute Gasteiger partial charge is 0.272 e. The van der Waals surface area contributed by atoms with Crippen LogP contribution in [0, 0.1) is 0 Å². The lowest BCUT2D eigenvalue weighted by Gasteiger charge is -2.14. The molecule has 7 nitrogen and oxygen atoms in total. The summed E-state index contributed by atoms with van der Waals surface area (Å²) in [4.78, 5) is 35.0. The largest absolute Gasteiger partial charge is 0.497 e. The number of fused-ring (bicyclic) bond motifs is 1. The molecule has 4 rings (SSSR count). The second-order valence-electron chi connectivity index (χ2n) is 6.32. The van der Waals surface area contributed by atoms with Gasteiger partial charge in [-0.05, 0) is 24.3 Å². The lowest BCUT2D eigenvalue weighted by Crippen LogP contribution is -2.24. The Hall–Kier alpha value is -2.30. The minimum absolute atomic E-state index is 0.0997. The summed E-state index contributed by atoms with van der Waals surface area (Å²) in [5.41, 5.74) is 1.39. The van der Waals surface area contributed by atoms with Crippen molar-refractivity contribution in [1.29, 1.82) is 0 Å². The fraction of sp³-hybridized carbons (Fsp3) is 0.263. The van der Waals surface area contributed by atoms with E-state index in [1.54, 1.807) is 47.1 Å².